The fourth-order valence-corrected chi connectivity index (χ4v) is 4.46. The molecule has 0 spiro atoms. The van der Waals surface area contributed by atoms with Crippen molar-refractivity contribution in [2.75, 3.05) is 18.0 Å². The van der Waals surface area contributed by atoms with Gasteiger partial charge < -0.3 is 4.90 Å². The standard InChI is InChI=1S/C23H29N/c1-3-9-20(10-4-1)23-18-21(23)11-7-8-19-14-16-24(17-15-19)22-12-5-2-6-13-22/h1-6,9-10,12-13,19,21,23H,7-8,11,14-18H2/t21-,23+/m1/s1. The van der Waals surface area contributed by atoms with Gasteiger partial charge in [0, 0.05) is 18.8 Å². The first-order valence-electron chi connectivity index (χ1n) is 9.75. The zero-order chi connectivity index (χ0) is 16.2. The second-order valence-electron chi connectivity index (χ2n) is 7.71. The molecule has 0 bridgehead atoms. The maximum atomic E-state index is 2.56. The molecular weight excluding hydrogens is 290 g/mol. The SMILES string of the molecule is c1ccc([C@@H]2C[C@H]2CCCC2CCN(c3ccccc3)CC2)cc1. The molecule has 2 aromatic rings. The summed E-state index contributed by atoms with van der Waals surface area (Å²) in [6, 6.07) is 22.0. The second kappa shape index (κ2) is 7.42. The average molecular weight is 319 g/mol. The van der Waals surface area contributed by atoms with Crippen molar-refractivity contribution in [1.82, 2.24) is 0 Å². The molecule has 24 heavy (non-hydrogen) atoms. The molecule has 0 radical (unpaired) electrons. The maximum Gasteiger partial charge on any atom is 0.0366 e. The highest BCUT2D eigenvalue weighted by Gasteiger charge is 2.37. The quantitative estimate of drug-likeness (QED) is 0.643. The molecule has 2 aromatic carbocycles. The summed E-state index contributed by atoms with van der Waals surface area (Å²) in [7, 11) is 0. The Morgan fingerprint density at radius 2 is 1.46 bits per heavy atom. The van der Waals surface area contributed by atoms with Crippen LogP contribution in [0, 0.1) is 11.8 Å². The normalized spacial score (nSPS) is 24.1. The van der Waals surface area contributed by atoms with Crippen LogP contribution in [0.2, 0.25) is 0 Å². The van der Waals surface area contributed by atoms with Gasteiger partial charge >= 0.3 is 0 Å². The molecule has 1 saturated heterocycles. The number of para-hydroxylation sites is 1. The van der Waals surface area contributed by atoms with E-state index < -0.39 is 0 Å². The Hall–Kier alpha value is -1.76. The van der Waals surface area contributed by atoms with E-state index in [-0.39, 0.29) is 0 Å². The van der Waals surface area contributed by atoms with E-state index in [9.17, 15) is 0 Å². The summed E-state index contributed by atoms with van der Waals surface area (Å²) in [5.41, 5.74) is 2.97. The summed E-state index contributed by atoms with van der Waals surface area (Å²) < 4.78 is 0. The molecule has 1 heterocycles. The molecule has 0 amide bonds. The molecule has 0 aromatic heterocycles. The van der Waals surface area contributed by atoms with Crippen molar-refractivity contribution in [3.05, 3.63) is 66.2 Å². The third kappa shape index (κ3) is 3.83. The van der Waals surface area contributed by atoms with Gasteiger partial charge in [-0.15, -0.1) is 0 Å². The van der Waals surface area contributed by atoms with Gasteiger partial charge in [0.15, 0.2) is 0 Å². The minimum Gasteiger partial charge on any atom is -0.372 e. The number of hydrogen-bond donors (Lipinski definition) is 0. The fraction of sp³-hybridized carbons (Fsp3) is 0.478. The third-order valence-electron chi connectivity index (χ3n) is 6.07. The van der Waals surface area contributed by atoms with E-state index in [0.717, 1.165) is 17.8 Å². The van der Waals surface area contributed by atoms with Crippen LogP contribution in [-0.4, -0.2) is 13.1 Å². The van der Waals surface area contributed by atoms with Crippen molar-refractivity contribution in [3.63, 3.8) is 0 Å². The molecule has 2 fully saturated rings. The lowest BCUT2D eigenvalue weighted by atomic mass is 9.90. The van der Waals surface area contributed by atoms with Crippen molar-refractivity contribution in [1.29, 1.82) is 0 Å². The molecule has 2 aliphatic rings. The van der Waals surface area contributed by atoms with Gasteiger partial charge in [0.25, 0.3) is 0 Å². The largest absolute Gasteiger partial charge is 0.372 e. The van der Waals surface area contributed by atoms with E-state index >= 15 is 0 Å². The number of piperidine rings is 1. The summed E-state index contributed by atoms with van der Waals surface area (Å²) in [4.78, 5) is 2.56. The summed E-state index contributed by atoms with van der Waals surface area (Å²) >= 11 is 0. The fourth-order valence-electron chi connectivity index (χ4n) is 4.46. The zero-order valence-electron chi connectivity index (χ0n) is 14.6. The lowest BCUT2D eigenvalue weighted by Gasteiger charge is -2.33. The van der Waals surface area contributed by atoms with Gasteiger partial charge in [-0.25, -0.2) is 0 Å². The van der Waals surface area contributed by atoms with Gasteiger partial charge in [0.1, 0.15) is 0 Å². The third-order valence-corrected chi connectivity index (χ3v) is 6.07. The lowest BCUT2D eigenvalue weighted by Crippen LogP contribution is -2.33. The summed E-state index contributed by atoms with van der Waals surface area (Å²) in [6.45, 7) is 2.48. The number of anilines is 1. The van der Waals surface area contributed by atoms with Crippen LogP contribution in [-0.2, 0) is 0 Å². The van der Waals surface area contributed by atoms with Crippen LogP contribution in [0.1, 0.15) is 50.0 Å². The molecular formula is C23H29N. The van der Waals surface area contributed by atoms with Crippen LogP contribution >= 0.6 is 0 Å². The molecule has 2 atom stereocenters. The van der Waals surface area contributed by atoms with Crippen LogP contribution in [0.25, 0.3) is 0 Å². The van der Waals surface area contributed by atoms with Gasteiger partial charge in [0.05, 0.1) is 0 Å². The van der Waals surface area contributed by atoms with E-state index in [4.69, 9.17) is 0 Å². The van der Waals surface area contributed by atoms with Gasteiger partial charge in [-0.1, -0.05) is 61.4 Å². The summed E-state index contributed by atoms with van der Waals surface area (Å²) in [6.07, 6.45) is 8.50. The first kappa shape index (κ1) is 15.7. The maximum absolute atomic E-state index is 2.56. The number of nitrogens with zero attached hydrogens (tertiary/aromatic N) is 1. The van der Waals surface area contributed by atoms with Gasteiger partial charge in [-0.3, -0.25) is 0 Å². The first-order chi connectivity index (χ1) is 11.9. The Kier molecular flexibility index (Phi) is 4.87. The Morgan fingerprint density at radius 3 is 2.17 bits per heavy atom. The molecule has 4 rings (SSSR count). The monoisotopic (exact) mass is 319 g/mol. The first-order valence-corrected chi connectivity index (χ1v) is 9.75. The summed E-state index contributed by atoms with van der Waals surface area (Å²) in [5.74, 6) is 2.79. The van der Waals surface area contributed by atoms with Crippen LogP contribution in [0.5, 0.6) is 0 Å². The number of hydrogen-bond acceptors (Lipinski definition) is 1. The molecule has 1 aliphatic heterocycles. The van der Waals surface area contributed by atoms with Crippen LogP contribution in [0.15, 0.2) is 60.7 Å². The van der Waals surface area contributed by atoms with E-state index in [0.29, 0.717) is 0 Å². The Morgan fingerprint density at radius 1 is 0.792 bits per heavy atom. The highest BCUT2D eigenvalue weighted by atomic mass is 15.1. The van der Waals surface area contributed by atoms with Crippen LogP contribution in [0.3, 0.4) is 0 Å². The molecule has 1 heteroatoms. The lowest BCUT2D eigenvalue weighted by molar-refractivity contribution is 0.365. The van der Waals surface area contributed by atoms with Crippen molar-refractivity contribution in [2.45, 2.75) is 44.4 Å². The van der Waals surface area contributed by atoms with E-state index in [2.05, 4.69) is 65.6 Å². The van der Waals surface area contributed by atoms with Gasteiger partial charge in [0.2, 0.25) is 0 Å². The van der Waals surface area contributed by atoms with Crippen LogP contribution < -0.4 is 4.90 Å². The van der Waals surface area contributed by atoms with E-state index in [1.807, 2.05) is 0 Å². The Labute approximate surface area is 146 Å². The van der Waals surface area contributed by atoms with E-state index in [1.54, 1.807) is 5.56 Å². The minimum atomic E-state index is 0.867. The minimum absolute atomic E-state index is 0.867. The second-order valence-corrected chi connectivity index (χ2v) is 7.71. The topological polar surface area (TPSA) is 3.24 Å². The predicted molar refractivity (Wildman–Crippen MR) is 103 cm³/mol. The molecule has 126 valence electrons. The summed E-state index contributed by atoms with van der Waals surface area (Å²) in [5, 5.41) is 0. The highest BCUT2D eigenvalue weighted by molar-refractivity contribution is 5.46. The van der Waals surface area contributed by atoms with Gasteiger partial charge in [-0.2, -0.15) is 0 Å². The van der Waals surface area contributed by atoms with Crippen molar-refractivity contribution in [2.24, 2.45) is 11.8 Å². The number of benzene rings is 2. The molecule has 0 N–H and O–H groups in total. The zero-order valence-corrected chi connectivity index (χ0v) is 14.6. The van der Waals surface area contributed by atoms with Crippen molar-refractivity contribution >= 4 is 5.69 Å². The smallest absolute Gasteiger partial charge is 0.0366 e. The predicted octanol–water partition coefficient (Wildman–Crippen LogP) is 5.88. The number of rotatable bonds is 6. The highest BCUT2D eigenvalue weighted by Crippen LogP contribution is 2.50. The Bertz CT molecular complexity index is 613. The average Bonchev–Trinajstić information content (AvgIpc) is 3.43. The Balaban J connectivity index is 1.15. The van der Waals surface area contributed by atoms with E-state index in [1.165, 1.54) is 57.3 Å². The van der Waals surface area contributed by atoms with Crippen molar-refractivity contribution in [3.8, 4) is 0 Å². The molecule has 0 unspecified atom stereocenters. The molecule has 1 aliphatic carbocycles. The molecule has 1 saturated carbocycles. The molecule has 1 nitrogen and oxygen atoms in total. The van der Waals surface area contributed by atoms with Crippen LogP contribution in [0.4, 0.5) is 5.69 Å². The van der Waals surface area contributed by atoms with Crippen molar-refractivity contribution < 1.29 is 0 Å². The van der Waals surface area contributed by atoms with Gasteiger partial charge in [-0.05, 0) is 61.1 Å².